The number of hydrogen-bond donors (Lipinski definition) is 0. The van der Waals surface area contributed by atoms with Crippen molar-refractivity contribution < 1.29 is 4.74 Å². The molecular formula is C20H17N3OS. The van der Waals surface area contributed by atoms with E-state index in [0.717, 1.165) is 45.6 Å². The van der Waals surface area contributed by atoms with E-state index in [-0.39, 0.29) is 0 Å². The Bertz CT molecular complexity index is 1080. The number of pyridine rings is 1. The van der Waals surface area contributed by atoms with Crippen LogP contribution in [-0.2, 0) is 12.8 Å². The first-order chi connectivity index (χ1) is 12.3. The Balaban J connectivity index is 1.66. The van der Waals surface area contributed by atoms with Crippen LogP contribution in [0.4, 0.5) is 0 Å². The number of aryl methyl sites for hydroxylation is 1. The summed E-state index contributed by atoms with van der Waals surface area (Å²) in [6.07, 6.45) is 6.81. The molecule has 1 aliphatic carbocycles. The molecule has 3 aromatic heterocycles. The molecule has 0 N–H and O–H groups in total. The lowest BCUT2D eigenvalue weighted by Gasteiger charge is -2.18. The van der Waals surface area contributed by atoms with Gasteiger partial charge in [0.2, 0.25) is 5.88 Å². The minimum Gasteiger partial charge on any atom is -0.436 e. The van der Waals surface area contributed by atoms with E-state index in [1.165, 1.54) is 16.9 Å². The van der Waals surface area contributed by atoms with Gasteiger partial charge in [-0.25, -0.2) is 9.97 Å². The Morgan fingerprint density at radius 3 is 3.00 bits per heavy atom. The molecule has 4 nitrogen and oxygen atoms in total. The molecule has 0 saturated carbocycles. The van der Waals surface area contributed by atoms with Gasteiger partial charge in [0.05, 0.1) is 5.39 Å². The predicted octanol–water partition coefficient (Wildman–Crippen LogP) is 5.16. The van der Waals surface area contributed by atoms with E-state index in [0.29, 0.717) is 5.88 Å². The summed E-state index contributed by atoms with van der Waals surface area (Å²) in [7, 11) is 0. The summed E-state index contributed by atoms with van der Waals surface area (Å²) in [6.45, 7) is 2.32. The molecule has 0 spiro atoms. The molecule has 25 heavy (non-hydrogen) atoms. The summed E-state index contributed by atoms with van der Waals surface area (Å²) in [5.74, 6) is 2.12. The number of benzene rings is 1. The highest BCUT2D eigenvalue weighted by atomic mass is 32.1. The number of para-hydroxylation sites is 1. The number of fused-ring (bicyclic) bond motifs is 4. The summed E-state index contributed by atoms with van der Waals surface area (Å²) in [4.78, 5) is 15.9. The smallest absolute Gasteiger partial charge is 0.231 e. The van der Waals surface area contributed by atoms with Crippen LogP contribution in [0.2, 0.25) is 0 Å². The average Bonchev–Trinajstić information content (AvgIpc) is 3.00. The summed E-state index contributed by atoms with van der Waals surface area (Å²) in [5.41, 5.74) is 2.23. The summed E-state index contributed by atoms with van der Waals surface area (Å²) >= 11 is 1.79. The monoisotopic (exact) mass is 347 g/mol. The number of thiophene rings is 1. The maximum Gasteiger partial charge on any atom is 0.231 e. The topological polar surface area (TPSA) is 47.9 Å². The van der Waals surface area contributed by atoms with Crippen molar-refractivity contribution >= 4 is 32.5 Å². The second-order valence-electron chi connectivity index (χ2n) is 6.64. The van der Waals surface area contributed by atoms with E-state index >= 15 is 0 Å². The Kier molecular flexibility index (Phi) is 3.41. The van der Waals surface area contributed by atoms with Gasteiger partial charge in [-0.15, -0.1) is 11.3 Å². The zero-order chi connectivity index (χ0) is 16.8. The molecule has 0 radical (unpaired) electrons. The second-order valence-corrected chi connectivity index (χ2v) is 7.73. The van der Waals surface area contributed by atoms with Gasteiger partial charge in [-0.1, -0.05) is 25.1 Å². The molecular weight excluding hydrogens is 330 g/mol. The lowest BCUT2D eigenvalue weighted by Crippen LogP contribution is -2.08. The molecule has 4 aromatic rings. The zero-order valence-corrected chi connectivity index (χ0v) is 14.7. The van der Waals surface area contributed by atoms with Crippen molar-refractivity contribution in [3.63, 3.8) is 0 Å². The lowest BCUT2D eigenvalue weighted by atomic mass is 9.89. The second kappa shape index (κ2) is 5.77. The third kappa shape index (κ3) is 2.46. The highest BCUT2D eigenvalue weighted by molar-refractivity contribution is 7.18. The first kappa shape index (κ1) is 14.8. The number of aromatic nitrogens is 3. The van der Waals surface area contributed by atoms with E-state index in [1.807, 2.05) is 30.3 Å². The third-order valence-corrected chi connectivity index (χ3v) is 6.02. The Hall–Kier alpha value is -2.53. The Morgan fingerprint density at radius 2 is 2.04 bits per heavy atom. The van der Waals surface area contributed by atoms with Crippen LogP contribution < -0.4 is 4.74 Å². The van der Waals surface area contributed by atoms with E-state index < -0.39 is 0 Å². The molecule has 0 unspecified atom stereocenters. The Morgan fingerprint density at radius 1 is 1.12 bits per heavy atom. The van der Waals surface area contributed by atoms with E-state index in [1.54, 1.807) is 23.9 Å². The van der Waals surface area contributed by atoms with Crippen LogP contribution in [-0.4, -0.2) is 15.0 Å². The first-order valence-electron chi connectivity index (χ1n) is 8.56. The SMILES string of the molecule is C[C@@H]1CCc2c(sc3ncnc(Oc4cccc5cccnc45)c23)C1. The van der Waals surface area contributed by atoms with Crippen molar-refractivity contribution in [2.45, 2.75) is 26.2 Å². The normalized spacial score (nSPS) is 16.9. The van der Waals surface area contributed by atoms with Crippen LogP contribution in [0.5, 0.6) is 11.6 Å². The van der Waals surface area contributed by atoms with Gasteiger partial charge in [-0.05, 0) is 42.9 Å². The maximum absolute atomic E-state index is 6.25. The molecule has 3 heterocycles. The molecule has 0 bridgehead atoms. The molecule has 0 aliphatic heterocycles. The minimum absolute atomic E-state index is 0.648. The van der Waals surface area contributed by atoms with E-state index in [2.05, 4.69) is 21.9 Å². The number of hydrogen-bond acceptors (Lipinski definition) is 5. The van der Waals surface area contributed by atoms with Gasteiger partial charge in [0.1, 0.15) is 16.7 Å². The van der Waals surface area contributed by atoms with Crippen molar-refractivity contribution in [1.82, 2.24) is 15.0 Å². The van der Waals surface area contributed by atoms with Crippen molar-refractivity contribution in [3.8, 4) is 11.6 Å². The van der Waals surface area contributed by atoms with Gasteiger partial charge >= 0.3 is 0 Å². The zero-order valence-electron chi connectivity index (χ0n) is 13.9. The highest BCUT2D eigenvalue weighted by Crippen LogP contribution is 2.41. The standard InChI is InChI=1S/C20H17N3OS/c1-12-7-8-14-16(10-12)25-20-17(14)19(22-11-23-20)24-15-6-2-4-13-5-3-9-21-18(13)15/h2-6,9,11-12H,7-8,10H2,1H3/t12-/m1/s1. The molecule has 124 valence electrons. The Labute approximate surface area is 149 Å². The fraction of sp³-hybridized carbons (Fsp3) is 0.250. The van der Waals surface area contributed by atoms with Gasteiger partial charge in [-0.2, -0.15) is 0 Å². The summed E-state index contributed by atoms with van der Waals surface area (Å²) in [6, 6.07) is 9.95. The molecule has 0 saturated heterocycles. The first-order valence-corrected chi connectivity index (χ1v) is 9.38. The number of rotatable bonds is 2. The van der Waals surface area contributed by atoms with Crippen LogP contribution >= 0.6 is 11.3 Å². The minimum atomic E-state index is 0.648. The molecule has 0 fully saturated rings. The number of ether oxygens (including phenoxy) is 1. The van der Waals surface area contributed by atoms with Crippen molar-refractivity contribution in [3.05, 3.63) is 53.3 Å². The van der Waals surface area contributed by atoms with Crippen molar-refractivity contribution in [2.75, 3.05) is 0 Å². The lowest BCUT2D eigenvalue weighted by molar-refractivity contribution is 0.470. The van der Waals surface area contributed by atoms with Crippen molar-refractivity contribution in [2.24, 2.45) is 5.92 Å². The van der Waals surface area contributed by atoms with E-state index in [4.69, 9.17) is 4.74 Å². The third-order valence-electron chi connectivity index (χ3n) is 4.86. The maximum atomic E-state index is 6.25. The molecule has 1 aliphatic rings. The van der Waals surface area contributed by atoms with Gasteiger partial charge in [0, 0.05) is 16.5 Å². The average molecular weight is 347 g/mol. The molecule has 1 aromatic carbocycles. The van der Waals surface area contributed by atoms with Gasteiger partial charge in [0.15, 0.2) is 5.75 Å². The summed E-state index contributed by atoms with van der Waals surface area (Å²) in [5, 5.41) is 2.15. The van der Waals surface area contributed by atoms with Crippen LogP contribution in [0.15, 0.2) is 42.9 Å². The largest absolute Gasteiger partial charge is 0.436 e. The quantitative estimate of drug-likeness (QED) is 0.503. The van der Waals surface area contributed by atoms with Crippen LogP contribution in [0.25, 0.3) is 21.1 Å². The molecule has 1 atom stereocenters. The van der Waals surface area contributed by atoms with Gasteiger partial charge in [-0.3, -0.25) is 4.98 Å². The van der Waals surface area contributed by atoms with Gasteiger partial charge < -0.3 is 4.74 Å². The fourth-order valence-corrected chi connectivity index (χ4v) is 4.93. The van der Waals surface area contributed by atoms with Crippen LogP contribution in [0.3, 0.4) is 0 Å². The molecule has 5 heteroatoms. The highest BCUT2D eigenvalue weighted by Gasteiger charge is 2.24. The van der Waals surface area contributed by atoms with Gasteiger partial charge in [0.25, 0.3) is 0 Å². The predicted molar refractivity (Wildman–Crippen MR) is 100 cm³/mol. The van der Waals surface area contributed by atoms with E-state index in [9.17, 15) is 0 Å². The fourth-order valence-electron chi connectivity index (χ4n) is 3.59. The van der Waals surface area contributed by atoms with Crippen LogP contribution in [0, 0.1) is 5.92 Å². The van der Waals surface area contributed by atoms with Crippen LogP contribution in [0.1, 0.15) is 23.8 Å². The number of nitrogens with zero attached hydrogens (tertiary/aromatic N) is 3. The molecule has 0 amide bonds. The molecule has 5 rings (SSSR count). The summed E-state index contributed by atoms with van der Waals surface area (Å²) < 4.78 is 6.25. The van der Waals surface area contributed by atoms with Crippen molar-refractivity contribution in [1.29, 1.82) is 0 Å².